The van der Waals surface area contributed by atoms with E-state index in [1.165, 1.54) is 5.56 Å². The summed E-state index contributed by atoms with van der Waals surface area (Å²) in [6.07, 6.45) is 2.08. The molecule has 1 aromatic rings. The molecule has 1 aliphatic heterocycles. The standard InChI is InChI=1S/C16H24N2O.ClH/c1-3-16(4-2,14-8-6-5-7-9-14)12-18-15(19)13-10-17-11-13;/h5-9,13,17H,3-4,10-12H2,1-2H3,(H,18,19);1H. The third-order valence-corrected chi connectivity index (χ3v) is 4.49. The zero-order chi connectivity index (χ0) is 13.7. The number of hydrogen-bond acceptors (Lipinski definition) is 2. The summed E-state index contributed by atoms with van der Waals surface area (Å²) in [4.78, 5) is 12.0. The van der Waals surface area contributed by atoms with Crippen LogP contribution < -0.4 is 10.6 Å². The van der Waals surface area contributed by atoms with Crippen LogP contribution in [0, 0.1) is 5.92 Å². The highest BCUT2D eigenvalue weighted by Gasteiger charge is 2.31. The highest BCUT2D eigenvalue weighted by atomic mass is 35.5. The van der Waals surface area contributed by atoms with E-state index in [2.05, 4.69) is 48.7 Å². The van der Waals surface area contributed by atoms with Crippen LogP contribution in [0.2, 0.25) is 0 Å². The zero-order valence-electron chi connectivity index (χ0n) is 12.3. The molecule has 0 aromatic heterocycles. The van der Waals surface area contributed by atoms with Gasteiger partial charge in [-0.15, -0.1) is 12.4 Å². The van der Waals surface area contributed by atoms with Gasteiger partial charge in [-0.1, -0.05) is 44.2 Å². The molecule has 0 spiro atoms. The first-order chi connectivity index (χ1) is 9.22. The van der Waals surface area contributed by atoms with E-state index >= 15 is 0 Å². The van der Waals surface area contributed by atoms with Gasteiger partial charge >= 0.3 is 0 Å². The summed E-state index contributed by atoms with van der Waals surface area (Å²) in [6.45, 7) is 6.78. The number of hydrogen-bond donors (Lipinski definition) is 2. The van der Waals surface area contributed by atoms with Crippen LogP contribution in [0.1, 0.15) is 32.3 Å². The van der Waals surface area contributed by atoms with Gasteiger partial charge in [-0.05, 0) is 18.4 Å². The lowest BCUT2D eigenvalue weighted by molar-refractivity contribution is -0.126. The molecule has 1 amide bonds. The van der Waals surface area contributed by atoms with Crippen LogP contribution in [0.15, 0.2) is 30.3 Å². The second-order valence-electron chi connectivity index (χ2n) is 5.43. The molecule has 0 unspecified atom stereocenters. The summed E-state index contributed by atoms with van der Waals surface area (Å²) in [5, 5.41) is 6.29. The lowest BCUT2D eigenvalue weighted by Crippen LogP contribution is -2.52. The minimum absolute atomic E-state index is 0. The average molecular weight is 297 g/mol. The maximum atomic E-state index is 12.0. The topological polar surface area (TPSA) is 41.1 Å². The predicted molar refractivity (Wildman–Crippen MR) is 85.3 cm³/mol. The minimum atomic E-state index is 0. The Balaban J connectivity index is 0.00000200. The van der Waals surface area contributed by atoms with Crippen LogP contribution in [0.4, 0.5) is 0 Å². The average Bonchev–Trinajstić information content (AvgIpc) is 2.40. The van der Waals surface area contributed by atoms with E-state index in [0.29, 0.717) is 0 Å². The third kappa shape index (κ3) is 3.53. The molecule has 4 heteroatoms. The van der Waals surface area contributed by atoms with E-state index in [-0.39, 0.29) is 29.6 Å². The van der Waals surface area contributed by atoms with Crippen molar-refractivity contribution in [2.75, 3.05) is 19.6 Å². The van der Waals surface area contributed by atoms with Crippen molar-refractivity contribution in [3.63, 3.8) is 0 Å². The van der Waals surface area contributed by atoms with Gasteiger partial charge in [-0.3, -0.25) is 4.79 Å². The molecule has 0 bridgehead atoms. The number of amides is 1. The number of rotatable bonds is 6. The third-order valence-electron chi connectivity index (χ3n) is 4.49. The molecule has 1 saturated heterocycles. The lowest BCUT2D eigenvalue weighted by atomic mass is 9.75. The first kappa shape index (κ1) is 17.0. The van der Waals surface area contributed by atoms with Gasteiger partial charge in [-0.25, -0.2) is 0 Å². The SMILES string of the molecule is CCC(CC)(CNC(=O)C1CNC1)c1ccccc1.Cl. The molecule has 3 nitrogen and oxygen atoms in total. The first-order valence-electron chi connectivity index (χ1n) is 7.26. The number of carbonyl (C=O) groups excluding carboxylic acids is 1. The fraction of sp³-hybridized carbons (Fsp3) is 0.562. The van der Waals surface area contributed by atoms with Crippen LogP contribution in [-0.2, 0) is 10.2 Å². The molecule has 20 heavy (non-hydrogen) atoms. The molecule has 1 fully saturated rings. The number of halogens is 1. The summed E-state index contributed by atoms with van der Waals surface area (Å²) < 4.78 is 0. The quantitative estimate of drug-likeness (QED) is 0.847. The van der Waals surface area contributed by atoms with E-state index in [0.717, 1.165) is 32.5 Å². The first-order valence-corrected chi connectivity index (χ1v) is 7.26. The van der Waals surface area contributed by atoms with Crippen LogP contribution in [0.25, 0.3) is 0 Å². The van der Waals surface area contributed by atoms with Gasteiger partial charge in [-0.2, -0.15) is 0 Å². The van der Waals surface area contributed by atoms with Crippen molar-refractivity contribution in [1.29, 1.82) is 0 Å². The minimum Gasteiger partial charge on any atom is -0.355 e. The van der Waals surface area contributed by atoms with Gasteiger partial charge in [0.1, 0.15) is 0 Å². The molecule has 1 aromatic carbocycles. The zero-order valence-corrected chi connectivity index (χ0v) is 13.1. The molecule has 0 aliphatic carbocycles. The van der Waals surface area contributed by atoms with Crippen LogP contribution >= 0.6 is 12.4 Å². The molecule has 112 valence electrons. The van der Waals surface area contributed by atoms with Crippen LogP contribution in [0.5, 0.6) is 0 Å². The number of nitrogens with one attached hydrogen (secondary N) is 2. The predicted octanol–water partition coefficient (Wildman–Crippen LogP) is 2.50. The smallest absolute Gasteiger partial charge is 0.225 e. The highest BCUT2D eigenvalue weighted by molar-refractivity contribution is 5.85. The van der Waals surface area contributed by atoms with Crippen molar-refractivity contribution in [3.05, 3.63) is 35.9 Å². The Morgan fingerprint density at radius 1 is 1.25 bits per heavy atom. The maximum absolute atomic E-state index is 12.0. The summed E-state index contributed by atoms with van der Waals surface area (Å²) in [5.41, 5.74) is 1.39. The van der Waals surface area contributed by atoms with E-state index in [4.69, 9.17) is 0 Å². The molecular weight excluding hydrogens is 272 g/mol. The molecule has 1 heterocycles. The van der Waals surface area contributed by atoms with Gasteiger partial charge in [0.2, 0.25) is 5.91 Å². The molecule has 0 atom stereocenters. The van der Waals surface area contributed by atoms with Crippen molar-refractivity contribution in [3.8, 4) is 0 Å². The fourth-order valence-electron chi connectivity index (χ4n) is 2.68. The summed E-state index contributed by atoms with van der Waals surface area (Å²) in [6, 6.07) is 10.5. The molecule has 0 saturated carbocycles. The van der Waals surface area contributed by atoms with Crippen LogP contribution in [0.3, 0.4) is 0 Å². The summed E-state index contributed by atoms with van der Waals surface area (Å²) >= 11 is 0. The lowest BCUT2D eigenvalue weighted by Gasteiger charge is -2.34. The second kappa shape index (κ2) is 7.65. The fourth-order valence-corrected chi connectivity index (χ4v) is 2.68. The van der Waals surface area contributed by atoms with E-state index < -0.39 is 0 Å². The summed E-state index contributed by atoms with van der Waals surface area (Å²) in [7, 11) is 0. The Morgan fingerprint density at radius 2 is 1.85 bits per heavy atom. The highest BCUT2D eigenvalue weighted by Crippen LogP contribution is 2.30. The van der Waals surface area contributed by atoms with Gasteiger partial charge in [0, 0.05) is 25.0 Å². The Labute approximate surface area is 127 Å². The maximum Gasteiger partial charge on any atom is 0.225 e. The number of carbonyl (C=O) groups is 1. The molecule has 1 aliphatic rings. The van der Waals surface area contributed by atoms with E-state index in [1.807, 2.05) is 6.07 Å². The van der Waals surface area contributed by atoms with Crippen molar-refractivity contribution in [2.24, 2.45) is 5.92 Å². The van der Waals surface area contributed by atoms with Gasteiger partial charge in [0.15, 0.2) is 0 Å². The second-order valence-corrected chi connectivity index (χ2v) is 5.43. The van der Waals surface area contributed by atoms with Gasteiger partial charge < -0.3 is 10.6 Å². The van der Waals surface area contributed by atoms with Gasteiger partial charge in [0.05, 0.1) is 5.92 Å². The van der Waals surface area contributed by atoms with E-state index in [9.17, 15) is 4.79 Å². The number of benzene rings is 1. The molecular formula is C16H25ClN2O. The van der Waals surface area contributed by atoms with E-state index in [1.54, 1.807) is 0 Å². The van der Waals surface area contributed by atoms with Gasteiger partial charge in [0.25, 0.3) is 0 Å². The summed E-state index contributed by atoms with van der Waals surface area (Å²) in [5.74, 6) is 0.364. The largest absolute Gasteiger partial charge is 0.355 e. The van der Waals surface area contributed by atoms with Crippen molar-refractivity contribution >= 4 is 18.3 Å². The van der Waals surface area contributed by atoms with Crippen molar-refractivity contribution in [1.82, 2.24) is 10.6 Å². The monoisotopic (exact) mass is 296 g/mol. The molecule has 2 rings (SSSR count). The molecule has 0 radical (unpaired) electrons. The Bertz CT molecular complexity index is 414. The Morgan fingerprint density at radius 3 is 2.30 bits per heavy atom. The van der Waals surface area contributed by atoms with Crippen LogP contribution in [-0.4, -0.2) is 25.5 Å². The Hall–Kier alpha value is -1.06. The molecule has 2 N–H and O–H groups in total. The van der Waals surface area contributed by atoms with Crippen molar-refractivity contribution in [2.45, 2.75) is 32.1 Å². The van der Waals surface area contributed by atoms with Crippen molar-refractivity contribution < 1.29 is 4.79 Å². The normalized spacial score (nSPS) is 15.1. The Kier molecular flexibility index (Phi) is 6.50.